The molecule has 0 aromatic heterocycles. The zero-order valence-corrected chi connectivity index (χ0v) is 10.4. The number of ether oxygens (including phenoxy) is 3. The van der Waals surface area contributed by atoms with Crippen molar-refractivity contribution in [1.29, 1.82) is 0 Å². The molecule has 0 radical (unpaired) electrons. The van der Waals surface area contributed by atoms with Crippen LogP contribution in [0.1, 0.15) is 19.3 Å². The molecule has 0 N–H and O–H groups in total. The standard InChI is InChI=1S/C11H18O4S/c1-16(12)10-13-7-4-5-9-15-11-6-2-3-8-14-11/h11H,2-3,6-10H2,1H3. The quantitative estimate of drug-likeness (QED) is 0.534. The molecule has 2 unspecified atom stereocenters. The van der Waals surface area contributed by atoms with E-state index in [0.29, 0.717) is 13.2 Å². The van der Waals surface area contributed by atoms with Crippen molar-refractivity contribution in [3.8, 4) is 11.8 Å². The molecule has 1 fully saturated rings. The van der Waals surface area contributed by atoms with E-state index in [0.717, 1.165) is 25.9 Å². The van der Waals surface area contributed by atoms with E-state index in [9.17, 15) is 4.21 Å². The molecule has 1 heterocycles. The van der Waals surface area contributed by atoms with E-state index >= 15 is 0 Å². The van der Waals surface area contributed by atoms with Gasteiger partial charge < -0.3 is 14.2 Å². The fourth-order valence-electron chi connectivity index (χ4n) is 1.29. The van der Waals surface area contributed by atoms with Gasteiger partial charge in [-0.05, 0) is 19.3 Å². The van der Waals surface area contributed by atoms with Crippen LogP contribution in [0.3, 0.4) is 0 Å². The summed E-state index contributed by atoms with van der Waals surface area (Å²) < 4.78 is 26.4. The first-order valence-corrected chi connectivity index (χ1v) is 7.08. The maximum Gasteiger partial charge on any atom is 0.158 e. The zero-order valence-electron chi connectivity index (χ0n) is 9.57. The van der Waals surface area contributed by atoms with Crippen molar-refractivity contribution in [2.45, 2.75) is 25.6 Å². The van der Waals surface area contributed by atoms with E-state index in [1.165, 1.54) is 0 Å². The van der Waals surface area contributed by atoms with Gasteiger partial charge in [0.1, 0.15) is 19.2 Å². The van der Waals surface area contributed by atoms with E-state index in [1.807, 2.05) is 0 Å². The van der Waals surface area contributed by atoms with Crippen LogP contribution in [0.25, 0.3) is 0 Å². The Hall–Kier alpha value is -0.410. The van der Waals surface area contributed by atoms with Gasteiger partial charge in [-0.2, -0.15) is 0 Å². The highest BCUT2D eigenvalue weighted by Gasteiger charge is 2.12. The highest BCUT2D eigenvalue weighted by molar-refractivity contribution is 7.84. The molecule has 1 aliphatic heterocycles. The van der Waals surface area contributed by atoms with Gasteiger partial charge in [0.25, 0.3) is 0 Å². The molecule has 0 spiro atoms. The van der Waals surface area contributed by atoms with Crippen molar-refractivity contribution in [3.63, 3.8) is 0 Å². The predicted octanol–water partition coefficient (Wildman–Crippen LogP) is 0.886. The summed E-state index contributed by atoms with van der Waals surface area (Å²) in [5.41, 5.74) is 0. The fraction of sp³-hybridized carbons (Fsp3) is 0.818. The fourth-order valence-corrected chi connectivity index (χ4v) is 1.61. The molecule has 0 aliphatic carbocycles. The molecule has 1 saturated heterocycles. The van der Waals surface area contributed by atoms with Gasteiger partial charge in [0, 0.05) is 23.7 Å². The van der Waals surface area contributed by atoms with E-state index in [2.05, 4.69) is 11.8 Å². The molecule has 5 heteroatoms. The van der Waals surface area contributed by atoms with Gasteiger partial charge in [-0.15, -0.1) is 0 Å². The topological polar surface area (TPSA) is 44.8 Å². The second-order valence-electron chi connectivity index (χ2n) is 3.50. The third-order valence-corrected chi connectivity index (χ3v) is 2.53. The van der Waals surface area contributed by atoms with E-state index in [4.69, 9.17) is 14.2 Å². The summed E-state index contributed by atoms with van der Waals surface area (Å²) in [6.45, 7) is 1.45. The van der Waals surface area contributed by atoms with Gasteiger partial charge in [0.2, 0.25) is 0 Å². The molecular weight excluding hydrogens is 228 g/mol. The minimum Gasteiger partial charge on any atom is -0.356 e. The molecular formula is C11H18O4S. The predicted molar refractivity (Wildman–Crippen MR) is 62.2 cm³/mol. The summed E-state index contributed by atoms with van der Waals surface area (Å²) in [5.74, 6) is 5.86. The molecule has 0 bridgehead atoms. The molecule has 1 aliphatic rings. The lowest BCUT2D eigenvalue weighted by Crippen LogP contribution is -2.22. The largest absolute Gasteiger partial charge is 0.356 e. The molecule has 0 saturated carbocycles. The molecule has 0 aromatic carbocycles. The van der Waals surface area contributed by atoms with Gasteiger partial charge in [-0.3, -0.25) is 4.21 Å². The Kier molecular flexibility index (Phi) is 7.43. The Labute approximate surface area is 99.1 Å². The lowest BCUT2D eigenvalue weighted by molar-refractivity contribution is -0.154. The van der Waals surface area contributed by atoms with Gasteiger partial charge in [-0.25, -0.2) is 0 Å². The minimum absolute atomic E-state index is 0.0906. The number of rotatable bonds is 5. The molecule has 2 atom stereocenters. The Bertz CT molecular complexity index is 263. The minimum atomic E-state index is -0.918. The van der Waals surface area contributed by atoms with Gasteiger partial charge >= 0.3 is 0 Å². The van der Waals surface area contributed by atoms with Gasteiger partial charge in [0.15, 0.2) is 6.29 Å². The van der Waals surface area contributed by atoms with Crippen molar-refractivity contribution >= 4 is 10.8 Å². The smallest absolute Gasteiger partial charge is 0.158 e. The highest BCUT2D eigenvalue weighted by Crippen LogP contribution is 2.12. The second-order valence-corrected chi connectivity index (χ2v) is 4.88. The van der Waals surface area contributed by atoms with Crippen LogP contribution in [0.15, 0.2) is 0 Å². The van der Waals surface area contributed by atoms with E-state index < -0.39 is 10.8 Å². The summed E-state index contributed by atoms with van der Waals surface area (Å²) in [6.07, 6.45) is 4.73. The van der Waals surface area contributed by atoms with E-state index in [1.54, 1.807) is 6.26 Å². The first kappa shape index (κ1) is 13.7. The van der Waals surface area contributed by atoms with Crippen molar-refractivity contribution in [2.24, 2.45) is 0 Å². The first-order valence-electron chi connectivity index (χ1n) is 5.36. The van der Waals surface area contributed by atoms with E-state index in [-0.39, 0.29) is 12.2 Å². The van der Waals surface area contributed by atoms with Crippen LogP contribution in [0.5, 0.6) is 0 Å². The van der Waals surface area contributed by atoms with Crippen molar-refractivity contribution in [1.82, 2.24) is 0 Å². The van der Waals surface area contributed by atoms with Gasteiger partial charge in [-0.1, -0.05) is 11.8 Å². The van der Waals surface area contributed by atoms with Crippen LogP contribution in [0, 0.1) is 11.8 Å². The molecule has 0 amide bonds. The highest BCUT2D eigenvalue weighted by atomic mass is 32.2. The number of hydrogen-bond donors (Lipinski definition) is 0. The van der Waals surface area contributed by atoms with Crippen LogP contribution in [0.4, 0.5) is 0 Å². The van der Waals surface area contributed by atoms with Crippen LogP contribution in [0.2, 0.25) is 0 Å². The third kappa shape index (κ3) is 6.96. The van der Waals surface area contributed by atoms with Gasteiger partial charge in [0.05, 0.1) is 0 Å². The maximum atomic E-state index is 10.6. The van der Waals surface area contributed by atoms with Crippen molar-refractivity contribution in [2.75, 3.05) is 32.0 Å². The maximum absolute atomic E-state index is 10.6. The second kappa shape index (κ2) is 8.71. The van der Waals surface area contributed by atoms with Crippen LogP contribution < -0.4 is 0 Å². The molecule has 16 heavy (non-hydrogen) atoms. The monoisotopic (exact) mass is 246 g/mol. The van der Waals surface area contributed by atoms with Crippen molar-refractivity contribution in [3.05, 3.63) is 0 Å². The Morgan fingerprint density at radius 1 is 1.38 bits per heavy atom. The molecule has 1 rings (SSSR count). The zero-order chi connectivity index (χ0) is 11.6. The SMILES string of the molecule is CS(=O)COCC#CCOC1CCCCO1. The van der Waals surface area contributed by atoms with Crippen LogP contribution in [-0.4, -0.2) is 42.5 Å². The Morgan fingerprint density at radius 3 is 2.88 bits per heavy atom. The molecule has 4 nitrogen and oxygen atoms in total. The molecule has 92 valence electrons. The lowest BCUT2D eigenvalue weighted by atomic mass is 10.2. The summed E-state index contributed by atoms with van der Waals surface area (Å²) in [6, 6.07) is 0. The summed E-state index contributed by atoms with van der Waals surface area (Å²) >= 11 is 0. The third-order valence-electron chi connectivity index (χ3n) is 2.03. The Morgan fingerprint density at radius 2 is 2.19 bits per heavy atom. The van der Waals surface area contributed by atoms with Crippen molar-refractivity contribution < 1.29 is 18.4 Å². The number of hydrogen-bond acceptors (Lipinski definition) is 4. The van der Waals surface area contributed by atoms with Crippen LogP contribution in [-0.2, 0) is 25.0 Å². The van der Waals surface area contributed by atoms with Crippen LogP contribution >= 0.6 is 0 Å². The summed E-state index contributed by atoms with van der Waals surface area (Å²) in [4.78, 5) is 0. The first-order chi connectivity index (χ1) is 7.79. The summed E-state index contributed by atoms with van der Waals surface area (Å²) in [5, 5.41) is 0. The average molecular weight is 246 g/mol. The summed E-state index contributed by atoms with van der Waals surface area (Å²) in [7, 11) is -0.918. The normalized spacial score (nSPS) is 22.2. The Balaban J connectivity index is 1.97. The average Bonchev–Trinajstić information content (AvgIpc) is 2.29. The molecule has 0 aromatic rings. The lowest BCUT2D eigenvalue weighted by Gasteiger charge is -2.21.